The van der Waals surface area contributed by atoms with Crippen LogP contribution >= 0.6 is 0 Å². The van der Waals surface area contributed by atoms with Crippen molar-refractivity contribution in [3.63, 3.8) is 0 Å². The van der Waals surface area contributed by atoms with E-state index in [1.165, 1.54) is 31.7 Å². The molecule has 1 aromatic carbocycles. The number of hydrogen-bond acceptors (Lipinski definition) is 3. The fourth-order valence-corrected chi connectivity index (χ4v) is 3.47. The molecule has 2 aliphatic rings. The number of halogens is 1. The Balaban J connectivity index is 1.72. The first-order valence-corrected chi connectivity index (χ1v) is 8.15. The van der Waals surface area contributed by atoms with Gasteiger partial charge >= 0.3 is 0 Å². The van der Waals surface area contributed by atoms with E-state index in [2.05, 4.69) is 4.90 Å². The standard InChI is InChI=1S/C17H25FN2O/c18-14-7-8-17(21-12-13-4-1-2-5-13)16(10-14)20-9-3-6-15(19)11-20/h7-8,10,13,15H,1-6,9,11-12,19H2. The van der Waals surface area contributed by atoms with Crippen molar-refractivity contribution in [3.8, 4) is 5.75 Å². The van der Waals surface area contributed by atoms with Gasteiger partial charge in [-0.25, -0.2) is 4.39 Å². The van der Waals surface area contributed by atoms with E-state index in [9.17, 15) is 4.39 Å². The van der Waals surface area contributed by atoms with E-state index in [0.717, 1.165) is 44.0 Å². The minimum absolute atomic E-state index is 0.171. The van der Waals surface area contributed by atoms with Crippen molar-refractivity contribution in [1.29, 1.82) is 0 Å². The summed E-state index contributed by atoms with van der Waals surface area (Å²) in [6, 6.07) is 5.00. The molecule has 1 saturated heterocycles. The van der Waals surface area contributed by atoms with Crippen molar-refractivity contribution < 1.29 is 9.13 Å². The van der Waals surface area contributed by atoms with Gasteiger partial charge in [-0.1, -0.05) is 12.8 Å². The summed E-state index contributed by atoms with van der Waals surface area (Å²) in [5, 5.41) is 0. The third kappa shape index (κ3) is 3.67. The first kappa shape index (κ1) is 14.6. The molecule has 0 spiro atoms. The molecule has 1 saturated carbocycles. The lowest BCUT2D eigenvalue weighted by Crippen LogP contribution is -2.43. The SMILES string of the molecule is NC1CCCN(c2cc(F)ccc2OCC2CCCC2)C1. The minimum atomic E-state index is -0.211. The molecule has 3 rings (SSSR count). The highest BCUT2D eigenvalue weighted by Gasteiger charge is 2.22. The molecule has 1 heterocycles. The highest BCUT2D eigenvalue weighted by molar-refractivity contribution is 5.59. The monoisotopic (exact) mass is 292 g/mol. The number of benzene rings is 1. The minimum Gasteiger partial charge on any atom is -0.491 e. The van der Waals surface area contributed by atoms with Crippen LogP contribution in [0.4, 0.5) is 10.1 Å². The second kappa shape index (κ2) is 6.65. The summed E-state index contributed by atoms with van der Waals surface area (Å²) >= 11 is 0. The molecule has 0 bridgehead atoms. The van der Waals surface area contributed by atoms with Crippen LogP contribution in [0.15, 0.2) is 18.2 Å². The lowest BCUT2D eigenvalue weighted by Gasteiger charge is -2.33. The van der Waals surface area contributed by atoms with E-state index >= 15 is 0 Å². The van der Waals surface area contributed by atoms with E-state index < -0.39 is 0 Å². The number of ether oxygens (including phenoxy) is 1. The molecule has 1 atom stereocenters. The molecule has 1 unspecified atom stereocenters. The summed E-state index contributed by atoms with van der Waals surface area (Å²) in [5.41, 5.74) is 6.91. The van der Waals surface area contributed by atoms with Crippen molar-refractivity contribution in [2.24, 2.45) is 11.7 Å². The molecule has 0 amide bonds. The Bertz CT molecular complexity index is 474. The van der Waals surface area contributed by atoms with Gasteiger partial charge in [0.25, 0.3) is 0 Å². The van der Waals surface area contributed by atoms with Crippen LogP contribution in [0.5, 0.6) is 5.75 Å². The second-order valence-corrected chi connectivity index (χ2v) is 6.42. The number of anilines is 1. The summed E-state index contributed by atoms with van der Waals surface area (Å²) in [6.45, 7) is 2.46. The Morgan fingerprint density at radius 3 is 2.76 bits per heavy atom. The highest BCUT2D eigenvalue weighted by atomic mass is 19.1. The Morgan fingerprint density at radius 1 is 1.19 bits per heavy atom. The molecule has 1 aliphatic heterocycles. The lowest BCUT2D eigenvalue weighted by atomic mass is 10.1. The van der Waals surface area contributed by atoms with Gasteiger partial charge in [0.2, 0.25) is 0 Å². The predicted molar refractivity (Wildman–Crippen MR) is 83.3 cm³/mol. The van der Waals surface area contributed by atoms with Crippen LogP contribution in [0.1, 0.15) is 38.5 Å². The largest absolute Gasteiger partial charge is 0.491 e. The molecule has 21 heavy (non-hydrogen) atoms. The van der Waals surface area contributed by atoms with Gasteiger partial charge in [0.15, 0.2) is 0 Å². The number of nitrogens with zero attached hydrogens (tertiary/aromatic N) is 1. The van der Waals surface area contributed by atoms with Gasteiger partial charge in [-0.15, -0.1) is 0 Å². The normalized spacial score (nSPS) is 23.5. The van der Waals surface area contributed by atoms with Crippen LogP contribution in [0.25, 0.3) is 0 Å². The summed E-state index contributed by atoms with van der Waals surface area (Å²) in [5.74, 6) is 1.25. The van der Waals surface area contributed by atoms with Crippen LogP contribution in [-0.4, -0.2) is 25.7 Å². The molecule has 0 radical (unpaired) electrons. The molecule has 3 nitrogen and oxygen atoms in total. The molecule has 4 heteroatoms. The molecular weight excluding hydrogens is 267 g/mol. The van der Waals surface area contributed by atoms with E-state index in [1.54, 1.807) is 12.1 Å². The predicted octanol–water partition coefficient (Wildman–Crippen LogP) is 3.32. The fraction of sp³-hybridized carbons (Fsp3) is 0.647. The van der Waals surface area contributed by atoms with E-state index in [-0.39, 0.29) is 11.9 Å². The van der Waals surface area contributed by atoms with E-state index in [0.29, 0.717) is 5.92 Å². The number of rotatable bonds is 4. The molecule has 2 fully saturated rings. The van der Waals surface area contributed by atoms with Crippen molar-refractivity contribution in [2.75, 3.05) is 24.6 Å². The topological polar surface area (TPSA) is 38.5 Å². The first-order chi connectivity index (χ1) is 10.2. The van der Waals surface area contributed by atoms with Crippen molar-refractivity contribution >= 4 is 5.69 Å². The van der Waals surface area contributed by atoms with Crippen LogP contribution < -0.4 is 15.4 Å². The molecule has 1 aromatic rings. The number of nitrogens with two attached hydrogens (primary N) is 1. The van der Waals surface area contributed by atoms with Gasteiger partial charge in [-0.2, -0.15) is 0 Å². The number of hydrogen-bond donors (Lipinski definition) is 1. The van der Waals surface area contributed by atoms with Gasteiger partial charge in [-0.05, 0) is 43.7 Å². The van der Waals surface area contributed by atoms with Gasteiger partial charge in [0.05, 0.1) is 12.3 Å². The Labute approximate surface area is 126 Å². The average molecular weight is 292 g/mol. The highest BCUT2D eigenvalue weighted by Crippen LogP contribution is 2.33. The van der Waals surface area contributed by atoms with Gasteiger partial charge < -0.3 is 15.4 Å². The zero-order valence-corrected chi connectivity index (χ0v) is 12.6. The zero-order valence-electron chi connectivity index (χ0n) is 12.6. The molecular formula is C17H25FN2O. The Hall–Kier alpha value is -1.29. The summed E-state index contributed by atoms with van der Waals surface area (Å²) in [7, 11) is 0. The van der Waals surface area contributed by atoms with Gasteiger partial charge in [-0.3, -0.25) is 0 Å². The third-order valence-corrected chi connectivity index (χ3v) is 4.67. The lowest BCUT2D eigenvalue weighted by molar-refractivity contribution is 0.252. The van der Waals surface area contributed by atoms with Crippen molar-refractivity contribution in [1.82, 2.24) is 0 Å². The summed E-state index contributed by atoms with van der Waals surface area (Å²) in [6.07, 6.45) is 7.23. The average Bonchev–Trinajstić information content (AvgIpc) is 2.99. The van der Waals surface area contributed by atoms with Gasteiger partial charge in [0, 0.05) is 25.2 Å². The maximum Gasteiger partial charge on any atom is 0.142 e. The zero-order chi connectivity index (χ0) is 14.7. The second-order valence-electron chi connectivity index (χ2n) is 6.42. The van der Waals surface area contributed by atoms with Gasteiger partial charge in [0.1, 0.15) is 11.6 Å². The quantitative estimate of drug-likeness (QED) is 0.925. The maximum absolute atomic E-state index is 13.6. The summed E-state index contributed by atoms with van der Waals surface area (Å²) in [4.78, 5) is 2.17. The molecule has 2 N–H and O–H groups in total. The Kier molecular flexibility index (Phi) is 4.63. The molecule has 116 valence electrons. The van der Waals surface area contributed by atoms with Crippen LogP contribution in [0, 0.1) is 11.7 Å². The summed E-state index contributed by atoms with van der Waals surface area (Å²) < 4.78 is 19.6. The number of piperidine rings is 1. The van der Waals surface area contributed by atoms with Crippen LogP contribution in [0.2, 0.25) is 0 Å². The van der Waals surface area contributed by atoms with E-state index in [1.807, 2.05) is 0 Å². The molecule has 0 aromatic heterocycles. The van der Waals surface area contributed by atoms with Crippen molar-refractivity contribution in [2.45, 2.75) is 44.6 Å². The van der Waals surface area contributed by atoms with Crippen LogP contribution in [-0.2, 0) is 0 Å². The van der Waals surface area contributed by atoms with Crippen molar-refractivity contribution in [3.05, 3.63) is 24.0 Å². The van der Waals surface area contributed by atoms with Crippen LogP contribution in [0.3, 0.4) is 0 Å². The Morgan fingerprint density at radius 2 is 2.00 bits per heavy atom. The fourth-order valence-electron chi connectivity index (χ4n) is 3.47. The third-order valence-electron chi connectivity index (χ3n) is 4.67. The molecule has 1 aliphatic carbocycles. The van der Waals surface area contributed by atoms with E-state index in [4.69, 9.17) is 10.5 Å². The first-order valence-electron chi connectivity index (χ1n) is 8.15. The smallest absolute Gasteiger partial charge is 0.142 e. The maximum atomic E-state index is 13.6.